The number of halogens is 1. The Kier molecular flexibility index (Phi) is 3.93. The van der Waals surface area contributed by atoms with Crippen LogP contribution in [0.25, 0.3) is 0 Å². The SMILES string of the molecule is NC(Cc1cc(O)ccc1SF)C(=O)O. The van der Waals surface area contributed by atoms with Gasteiger partial charge in [0.25, 0.3) is 0 Å². The van der Waals surface area contributed by atoms with Gasteiger partial charge in [-0.05, 0) is 30.2 Å². The van der Waals surface area contributed by atoms with Gasteiger partial charge in [-0.25, -0.2) is 0 Å². The van der Waals surface area contributed by atoms with Crippen molar-refractivity contribution in [1.29, 1.82) is 0 Å². The molecule has 0 aromatic heterocycles. The molecule has 6 heteroatoms. The largest absolute Gasteiger partial charge is 0.508 e. The number of carboxylic acids is 1. The van der Waals surface area contributed by atoms with Gasteiger partial charge in [0.15, 0.2) is 0 Å². The summed E-state index contributed by atoms with van der Waals surface area (Å²) >= 11 is -0.00177. The van der Waals surface area contributed by atoms with Crippen LogP contribution >= 0.6 is 12.1 Å². The Balaban J connectivity index is 2.91. The third kappa shape index (κ3) is 3.10. The topological polar surface area (TPSA) is 83.5 Å². The average Bonchev–Trinajstić information content (AvgIpc) is 2.18. The Morgan fingerprint density at radius 1 is 1.60 bits per heavy atom. The first-order valence-corrected chi connectivity index (χ1v) is 4.85. The van der Waals surface area contributed by atoms with Crippen molar-refractivity contribution in [2.24, 2.45) is 5.73 Å². The van der Waals surface area contributed by atoms with E-state index in [-0.39, 0.29) is 29.2 Å². The molecule has 0 heterocycles. The molecule has 0 amide bonds. The first kappa shape index (κ1) is 11.8. The Bertz CT molecular complexity index is 372. The molecule has 0 aliphatic heterocycles. The molecule has 1 atom stereocenters. The molecule has 0 radical (unpaired) electrons. The molecular weight excluding hydrogens is 221 g/mol. The molecule has 0 spiro atoms. The maximum atomic E-state index is 12.4. The predicted octanol–water partition coefficient (Wildman–Crippen LogP) is 1.32. The van der Waals surface area contributed by atoms with E-state index in [0.717, 1.165) is 0 Å². The number of carboxylic acid groups (broad SMARTS) is 1. The zero-order chi connectivity index (χ0) is 11.4. The first-order chi connectivity index (χ1) is 7.04. The fourth-order valence-corrected chi connectivity index (χ4v) is 1.49. The van der Waals surface area contributed by atoms with Gasteiger partial charge >= 0.3 is 5.97 Å². The molecule has 0 aliphatic carbocycles. The highest BCUT2D eigenvalue weighted by atomic mass is 32.2. The molecule has 0 saturated carbocycles. The van der Waals surface area contributed by atoms with Crippen LogP contribution < -0.4 is 5.73 Å². The maximum absolute atomic E-state index is 12.4. The lowest BCUT2D eigenvalue weighted by atomic mass is 10.1. The first-order valence-electron chi connectivity index (χ1n) is 4.13. The number of aliphatic carboxylic acids is 1. The molecule has 1 rings (SSSR count). The Labute approximate surface area is 90.2 Å². The van der Waals surface area contributed by atoms with Crippen LogP contribution in [0.2, 0.25) is 0 Å². The second-order valence-electron chi connectivity index (χ2n) is 3.02. The van der Waals surface area contributed by atoms with Gasteiger partial charge in [-0.3, -0.25) is 4.79 Å². The smallest absolute Gasteiger partial charge is 0.320 e. The lowest BCUT2D eigenvalue weighted by Crippen LogP contribution is -2.32. The van der Waals surface area contributed by atoms with Crippen molar-refractivity contribution in [3.05, 3.63) is 23.8 Å². The van der Waals surface area contributed by atoms with Gasteiger partial charge in [0.05, 0.1) is 12.1 Å². The van der Waals surface area contributed by atoms with E-state index >= 15 is 0 Å². The highest BCUT2D eigenvalue weighted by Crippen LogP contribution is 2.27. The van der Waals surface area contributed by atoms with Crippen LogP contribution in [0.15, 0.2) is 23.1 Å². The van der Waals surface area contributed by atoms with Crippen molar-refractivity contribution < 1.29 is 18.9 Å². The van der Waals surface area contributed by atoms with Crippen LogP contribution in [-0.2, 0) is 11.2 Å². The van der Waals surface area contributed by atoms with E-state index in [1.165, 1.54) is 18.2 Å². The number of carbonyl (C=O) groups is 1. The van der Waals surface area contributed by atoms with Crippen molar-refractivity contribution in [3.63, 3.8) is 0 Å². The monoisotopic (exact) mass is 231 g/mol. The minimum Gasteiger partial charge on any atom is -0.508 e. The lowest BCUT2D eigenvalue weighted by molar-refractivity contribution is -0.138. The number of nitrogens with two attached hydrogens (primary N) is 1. The van der Waals surface area contributed by atoms with E-state index in [9.17, 15) is 8.68 Å². The third-order valence-electron chi connectivity index (χ3n) is 1.88. The van der Waals surface area contributed by atoms with Crippen LogP contribution in [0.1, 0.15) is 5.56 Å². The standard InChI is InChI=1S/C9H10FNO3S/c10-15-8-2-1-6(12)3-5(8)4-7(11)9(13)14/h1-3,7,12H,4,11H2,(H,13,14). The molecular formula is C9H10FNO3S. The number of rotatable bonds is 4. The molecule has 0 saturated heterocycles. The van der Waals surface area contributed by atoms with E-state index < -0.39 is 12.0 Å². The van der Waals surface area contributed by atoms with Crippen LogP contribution in [0, 0.1) is 0 Å². The number of phenolic OH excluding ortho intramolecular Hbond substituents is 1. The van der Waals surface area contributed by atoms with Crippen molar-refractivity contribution >= 4 is 18.1 Å². The zero-order valence-corrected chi connectivity index (χ0v) is 8.50. The summed E-state index contributed by atoms with van der Waals surface area (Å²) in [6.07, 6.45) is -0.0179. The lowest BCUT2D eigenvalue weighted by Gasteiger charge is -2.09. The van der Waals surface area contributed by atoms with Crippen molar-refractivity contribution in [3.8, 4) is 5.75 Å². The highest BCUT2D eigenvalue weighted by molar-refractivity contribution is 7.94. The second-order valence-corrected chi connectivity index (χ2v) is 3.61. The van der Waals surface area contributed by atoms with Gasteiger partial charge in [-0.2, -0.15) is 3.89 Å². The summed E-state index contributed by atoms with van der Waals surface area (Å²) in [7, 11) is 0. The van der Waals surface area contributed by atoms with Crippen molar-refractivity contribution in [2.75, 3.05) is 0 Å². The van der Waals surface area contributed by atoms with E-state index in [0.29, 0.717) is 5.56 Å². The summed E-state index contributed by atoms with van der Waals surface area (Å²) in [6.45, 7) is 0. The van der Waals surface area contributed by atoms with Crippen LogP contribution in [-0.4, -0.2) is 22.2 Å². The van der Waals surface area contributed by atoms with Gasteiger partial charge in [0.2, 0.25) is 0 Å². The van der Waals surface area contributed by atoms with E-state index in [1.54, 1.807) is 0 Å². The quantitative estimate of drug-likeness (QED) is 0.728. The number of phenols is 1. The van der Waals surface area contributed by atoms with Gasteiger partial charge < -0.3 is 15.9 Å². The number of aromatic hydroxyl groups is 1. The van der Waals surface area contributed by atoms with Crippen molar-refractivity contribution in [2.45, 2.75) is 17.4 Å². The molecule has 1 unspecified atom stereocenters. The minimum absolute atomic E-state index is 0.00177. The molecule has 0 fully saturated rings. The summed E-state index contributed by atoms with van der Waals surface area (Å²) in [5.41, 5.74) is 5.70. The van der Waals surface area contributed by atoms with E-state index in [4.69, 9.17) is 15.9 Å². The predicted molar refractivity (Wildman–Crippen MR) is 54.4 cm³/mol. The molecule has 4 N–H and O–H groups in total. The molecule has 1 aromatic rings. The van der Waals surface area contributed by atoms with Gasteiger partial charge in [0.1, 0.15) is 11.8 Å². The molecule has 0 bridgehead atoms. The van der Waals surface area contributed by atoms with Crippen LogP contribution in [0.5, 0.6) is 5.75 Å². The maximum Gasteiger partial charge on any atom is 0.320 e. The summed E-state index contributed by atoms with van der Waals surface area (Å²) in [6, 6.07) is 2.92. The Hall–Kier alpha value is -1.27. The number of hydrogen-bond donors (Lipinski definition) is 3. The van der Waals surface area contributed by atoms with Crippen LogP contribution in [0.3, 0.4) is 0 Å². The summed E-state index contributed by atoms with van der Waals surface area (Å²) in [5, 5.41) is 17.8. The van der Waals surface area contributed by atoms with Gasteiger partial charge in [0, 0.05) is 4.90 Å². The second kappa shape index (κ2) is 4.99. The fraction of sp³-hybridized carbons (Fsp3) is 0.222. The summed E-state index contributed by atoms with van der Waals surface area (Å²) < 4.78 is 12.4. The van der Waals surface area contributed by atoms with Gasteiger partial charge in [-0.1, -0.05) is 0 Å². The molecule has 4 nitrogen and oxygen atoms in total. The highest BCUT2D eigenvalue weighted by Gasteiger charge is 2.15. The van der Waals surface area contributed by atoms with E-state index in [2.05, 4.69) is 0 Å². The summed E-state index contributed by atoms with van der Waals surface area (Å²) in [4.78, 5) is 10.8. The molecule has 82 valence electrons. The average molecular weight is 231 g/mol. The zero-order valence-electron chi connectivity index (χ0n) is 7.68. The Morgan fingerprint density at radius 2 is 2.27 bits per heavy atom. The van der Waals surface area contributed by atoms with Crippen LogP contribution in [0.4, 0.5) is 3.89 Å². The summed E-state index contributed by atoms with van der Waals surface area (Å²) in [5.74, 6) is -1.20. The normalized spacial score (nSPS) is 12.4. The number of hydrogen-bond acceptors (Lipinski definition) is 4. The third-order valence-corrected chi connectivity index (χ3v) is 2.45. The Morgan fingerprint density at radius 3 is 2.80 bits per heavy atom. The molecule has 15 heavy (non-hydrogen) atoms. The van der Waals surface area contributed by atoms with E-state index in [1.807, 2.05) is 0 Å². The minimum atomic E-state index is -1.16. The molecule has 0 aliphatic rings. The fourth-order valence-electron chi connectivity index (χ4n) is 1.12. The molecule has 1 aromatic carbocycles. The number of benzene rings is 1. The van der Waals surface area contributed by atoms with Crippen molar-refractivity contribution in [1.82, 2.24) is 0 Å². The van der Waals surface area contributed by atoms with Gasteiger partial charge in [-0.15, -0.1) is 0 Å².